The van der Waals surface area contributed by atoms with Crippen LogP contribution in [0.25, 0.3) is 0 Å². The van der Waals surface area contributed by atoms with Crippen molar-refractivity contribution >= 4 is 29.5 Å². The van der Waals surface area contributed by atoms with Gasteiger partial charge in [0, 0.05) is 5.56 Å². The molecule has 6 rings (SSSR count). The fourth-order valence-corrected chi connectivity index (χ4v) is 5.32. The Kier molecular flexibility index (Phi) is 4.45. The molecule has 2 saturated heterocycles. The Bertz CT molecular complexity index is 1390. The predicted octanol–water partition coefficient (Wildman–Crippen LogP) is 3.73. The lowest BCUT2D eigenvalue weighted by molar-refractivity contribution is -0.124. The molecule has 2 fully saturated rings. The highest BCUT2D eigenvalue weighted by molar-refractivity contribution is 6.24. The van der Waals surface area contributed by atoms with Gasteiger partial charge < -0.3 is 0 Å². The normalized spacial score (nSPS) is 24.8. The number of anilines is 1. The molecular weight excluding hydrogens is 440 g/mol. The molecule has 2 amide bonds. The number of imide groups is 1. The van der Waals surface area contributed by atoms with E-state index in [4.69, 9.17) is 0 Å². The molecule has 3 aliphatic rings. The van der Waals surface area contributed by atoms with Crippen molar-refractivity contribution in [1.29, 1.82) is 0 Å². The fraction of sp³-hybridized carbons (Fsp3) is 0.154. The number of hydrazone groups is 1. The lowest BCUT2D eigenvalue weighted by atomic mass is 9.83. The van der Waals surface area contributed by atoms with Crippen molar-refractivity contribution < 1.29 is 23.2 Å². The van der Waals surface area contributed by atoms with E-state index in [1.807, 2.05) is 24.3 Å². The summed E-state index contributed by atoms with van der Waals surface area (Å²) >= 11 is 0. The molecular formula is C26H17F2N3O3. The van der Waals surface area contributed by atoms with Crippen LogP contribution >= 0.6 is 0 Å². The van der Waals surface area contributed by atoms with Crippen LogP contribution in [0.4, 0.5) is 14.5 Å². The highest BCUT2D eigenvalue weighted by atomic mass is 19.1. The van der Waals surface area contributed by atoms with Crippen LogP contribution in [0.5, 0.6) is 0 Å². The second kappa shape index (κ2) is 7.41. The first-order valence-electron chi connectivity index (χ1n) is 10.8. The molecule has 0 saturated carbocycles. The highest BCUT2D eigenvalue weighted by Gasteiger charge is 2.65. The first kappa shape index (κ1) is 20.4. The van der Waals surface area contributed by atoms with Crippen LogP contribution in [0.15, 0.2) is 77.9 Å². The van der Waals surface area contributed by atoms with Gasteiger partial charge in [0.25, 0.3) is 0 Å². The van der Waals surface area contributed by atoms with Gasteiger partial charge in [-0.1, -0.05) is 36.4 Å². The number of carbonyl (C=O) groups is 3. The smallest absolute Gasteiger partial charge is 0.240 e. The molecule has 0 N–H and O–H groups in total. The zero-order valence-corrected chi connectivity index (χ0v) is 17.6. The van der Waals surface area contributed by atoms with Gasteiger partial charge >= 0.3 is 0 Å². The van der Waals surface area contributed by atoms with Gasteiger partial charge in [0.15, 0.2) is 5.78 Å². The summed E-state index contributed by atoms with van der Waals surface area (Å²) in [5, 5.41) is 5.97. The van der Waals surface area contributed by atoms with E-state index in [2.05, 4.69) is 5.10 Å². The van der Waals surface area contributed by atoms with E-state index in [1.54, 1.807) is 12.3 Å². The SMILES string of the molecule is O=C(c1ccc(F)cc1)C1C2C(=O)N(c3ccccc3F)C(=O)C2C2c3ccccc3C=NN12. The van der Waals surface area contributed by atoms with Crippen LogP contribution in [0, 0.1) is 23.5 Å². The summed E-state index contributed by atoms with van der Waals surface area (Å²) in [5.41, 5.74) is 1.60. The predicted molar refractivity (Wildman–Crippen MR) is 119 cm³/mol. The average molecular weight is 457 g/mol. The monoisotopic (exact) mass is 457 g/mol. The molecule has 0 radical (unpaired) electrons. The molecule has 34 heavy (non-hydrogen) atoms. The number of Topliss-reactive ketones (excluding diaryl/α,β-unsaturated/α-hetero) is 1. The van der Waals surface area contributed by atoms with Crippen LogP contribution in [-0.4, -0.2) is 34.9 Å². The number of halogens is 2. The molecule has 6 nitrogen and oxygen atoms in total. The summed E-state index contributed by atoms with van der Waals surface area (Å²) < 4.78 is 28.1. The van der Waals surface area contributed by atoms with Gasteiger partial charge in [-0.25, -0.2) is 13.7 Å². The maximum absolute atomic E-state index is 14.6. The van der Waals surface area contributed by atoms with Crippen molar-refractivity contribution in [1.82, 2.24) is 5.01 Å². The van der Waals surface area contributed by atoms with Gasteiger partial charge in [0.05, 0.1) is 29.8 Å². The number of benzene rings is 3. The zero-order chi connectivity index (χ0) is 23.6. The maximum atomic E-state index is 14.6. The number of nitrogens with zero attached hydrogens (tertiary/aromatic N) is 3. The second-order valence-corrected chi connectivity index (χ2v) is 8.53. The summed E-state index contributed by atoms with van der Waals surface area (Å²) in [6.45, 7) is 0. The minimum atomic E-state index is -1.10. The number of fused-ring (bicyclic) bond motifs is 5. The summed E-state index contributed by atoms with van der Waals surface area (Å²) in [6.07, 6.45) is 1.60. The van der Waals surface area contributed by atoms with E-state index in [9.17, 15) is 23.2 Å². The number of amides is 2. The largest absolute Gasteiger partial charge is 0.292 e. The van der Waals surface area contributed by atoms with E-state index in [-0.39, 0.29) is 11.3 Å². The number of rotatable bonds is 3. The molecule has 8 heteroatoms. The summed E-state index contributed by atoms with van der Waals surface area (Å²) in [5.74, 6) is -4.88. The van der Waals surface area contributed by atoms with Crippen LogP contribution in [0.2, 0.25) is 0 Å². The molecule has 4 atom stereocenters. The fourth-order valence-electron chi connectivity index (χ4n) is 5.32. The Morgan fingerprint density at radius 2 is 1.50 bits per heavy atom. The minimum Gasteiger partial charge on any atom is -0.292 e. The highest BCUT2D eigenvalue weighted by Crippen LogP contribution is 2.53. The van der Waals surface area contributed by atoms with Crippen LogP contribution in [0.3, 0.4) is 0 Å². The third-order valence-electron chi connectivity index (χ3n) is 6.78. The van der Waals surface area contributed by atoms with Crippen LogP contribution in [-0.2, 0) is 9.59 Å². The van der Waals surface area contributed by atoms with Crippen LogP contribution < -0.4 is 4.90 Å². The Hall–Kier alpha value is -4.20. The van der Waals surface area contributed by atoms with Crippen molar-refractivity contribution in [3.63, 3.8) is 0 Å². The summed E-state index contributed by atoms with van der Waals surface area (Å²) in [7, 11) is 0. The third-order valence-corrected chi connectivity index (χ3v) is 6.78. The molecule has 3 aromatic rings. The Morgan fingerprint density at radius 1 is 0.824 bits per heavy atom. The van der Waals surface area contributed by atoms with Crippen molar-refractivity contribution in [2.75, 3.05) is 4.90 Å². The quantitative estimate of drug-likeness (QED) is 0.444. The van der Waals surface area contributed by atoms with Gasteiger partial charge in [-0.2, -0.15) is 5.10 Å². The number of ketones is 1. The van der Waals surface area contributed by atoms with Gasteiger partial charge in [-0.05, 0) is 47.5 Å². The second-order valence-electron chi connectivity index (χ2n) is 8.53. The van der Waals surface area contributed by atoms with E-state index in [0.29, 0.717) is 0 Å². The van der Waals surface area contributed by atoms with E-state index < -0.39 is 53.2 Å². The number of hydrogen-bond acceptors (Lipinski definition) is 5. The molecule has 0 bridgehead atoms. The van der Waals surface area contributed by atoms with Gasteiger partial charge in [-0.15, -0.1) is 0 Å². The first-order valence-corrected chi connectivity index (χ1v) is 10.8. The van der Waals surface area contributed by atoms with Crippen molar-refractivity contribution in [3.8, 4) is 0 Å². The van der Waals surface area contributed by atoms with E-state index in [0.717, 1.165) is 16.0 Å². The number of hydrogen-bond donors (Lipinski definition) is 0. The topological polar surface area (TPSA) is 70.0 Å². The van der Waals surface area contributed by atoms with E-state index in [1.165, 1.54) is 47.5 Å². The van der Waals surface area contributed by atoms with E-state index >= 15 is 0 Å². The van der Waals surface area contributed by atoms with Crippen molar-refractivity contribution in [2.24, 2.45) is 16.9 Å². The summed E-state index contributed by atoms with van der Waals surface area (Å²) in [6, 6.07) is 16.1. The number of carbonyl (C=O) groups excluding carboxylic acids is 3. The standard InChI is InChI=1S/C26H17F2N3O3/c27-16-11-9-14(10-12-16)24(32)23-21-20(22-17-6-2-1-5-15(17)13-29-31(22)23)25(33)30(26(21)34)19-8-4-3-7-18(19)28/h1-13,20-23H. The van der Waals surface area contributed by atoms with Crippen LogP contribution in [0.1, 0.15) is 27.5 Å². The van der Waals surface area contributed by atoms with Crippen molar-refractivity contribution in [3.05, 3.63) is 101 Å². The molecule has 0 aromatic heterocycles. The lowest BCUT2D eigenvalue weighted by Gasteiger charge is -2.33. The third kappa shape index (κ3) is 2.78. The molecule has 0 aliphatic carbocycles. The average Bonchev–Trinajstić information content (AvgIpc) is 3.32. The van der Waals surface area contributed by atoms with Crippen molar-refractivity contribution in [2.45, 2.75) is 12.1 Å². The molecule has 3 aliphatic heterocycles. The summed E-state index contributed by atoms with van der Waals surface area (Å²) in [4.78, 5) is 41.8. The van der Waals surface area contributed by atoms with Gasteiger partial charge in [-0.3, -0.25) is 19.4 Å². The first-order chi connectivity index (χ1) is 16.5. The Morgan fingerprint density at radius 3 is 2.26 bits per heavy atom. The molecule has 3 aromatic carbocycles. The Balaban J connectivity index is 1.51. The Labute approximate surface area is 193 Å². The zero-order valence-electron chi connectivity index (χ0n) is 17.6. The molecule has 3 heterocycles. The lowest BCUT2D eigenvalue weighted by Crippen LogP contribution is -2.44. The molecule has 0 spiro atoms. The molecule has 168 valence electrons. The van der Waals surface area contributed by atoms with Gasteiger partial charge in [0.1, 0.15) is 17.7 Å². The number of para-hydroxylation sites is 1. The molecule has 4 unspecified atom stereocenters. The maximum Gasteiger partial charge on any atom is 0.240 e. The minimum absolute atomic E-state index is 0.140. The van der Waals surface area contributed by atoms with Gasteiger partial charge in [0.2, 0.25) is 11.8 Å².